The molecule has 0 N–H and O–H groups in total. The van der Waals surface area contributed by atoms with Gasteiger partial charge in [-0.1, -0.05) is 84.9 Å². The van der Waals surface area contributed by atoms with Crippen molar-refractivity contribution >= 4 is 5.97 Å². The van der Waals surface area contributed by atoms with E-state index in [0.29, 0.717) is 6.54 Å². The number of benzene rings is 3. The Morgan fingerprint density at radius 1 is 0.897 bits per heavy atom. The van der Waals surface area contributed by atoms with Crippen LogP contribution in [0.25, 0.3) is 11.1 Å². The zero-order chi connectivity index (χ0) is 20.1. The average Bonchev–Trinajstić information content (AvgIpc) is 3.21. The maximum absolute atomic E-state index is 11.7. The van der Waals surface area contributed by atoms with Crippen molar-refractivity contribution in [3.63, 3.8) is 0 Å². The topological polar surface area (TPSA) is 44.1 Å². The van der Waals surface area contributed by atoms with Crippen LogP contribution in [0.4, 0.5) is 0 Å². The summed E-state index contributed by atoms with van der Waals surface area (Å²) in [6, 6.07) is 28.5. The molecule has 3 aromatic carbocycles. The minimum atomic E-state index is -0.486. The molecule has 1 atom stereocenters. The Kier molecular flexibility index (Phi) is 5.52. The van der Waals surface area contributed by atoms with Crippen LogP contribution in [0.3, 0.4) is 0 Å². The Morgan fingerprint density at radius 3 is 2.17 bits per heavy atom. The molecular formula is C25H22N2O2. The first-order valence-electron chi connectivity index (χ1n) is 9.57. The van der Waals surface area contributed by atoms with Gasteiger partial charge in [-0.05, 0) is 22.3 Å². The van der Waals surface area contributed by atoms with Gasteiger partial charge in [0, 0.05) is 13.5 Å². The lowest BCUT2D eigenvalue weighted by atomic mass is 10.0. The molecule has 0 saturated carbocycles. The van der Waals surface area contributed by atoms with Crippen molar-refractivity contribution in [3.8, 4) is 11.1 Å². The van der Waals surface area contributed by atoms with Gasteiger partial charge in [-0.3, -0.25) is 4.79 Å². The first-order chi connectivity index (χ1) is 14.2. The average molecular weight is 382 g/mol. The maximum atomic E-state index is 11.7. The van der Waals surface area contributed by atoms with Crippen molar-refractivity contribution in [2.24, 2.45) is 0 Å². The van der Waals surface area contributed by atoms with Gasteiger partial charge >= 0.3 is 5.97 Å². The van der Waals surface area contributed by atoms with Crippen LogP contribution in [0, 0.1) is 0 Å². The molecule has 0 amide bonds. The Labute approximate surface area is 170 Å². The molecule has 4 nitrogen and oxygen atoms in total. The van der Waals surface area contributed by atoms with Gasteiger partial charge in [-0.25, -0.2) is 4.98 Å². The fourth-order valence-corrected chi connectivity index (χ4v) is 3.40. The molecule has 0 aliphatic rings. The van der Waals surface area contributed by atoms with Crippen LogP contribution in [0.2, 0.25) is 0 Å². The third-order valence-electron chi connectivity index (χ3n) is 4.81. The smallest absolute Gasteiger partial charge is 0.303 e. The summed E-state index contributed by atoms with van der Waals surface area (Å²) in [6.07, 6.45) is 3.05. The van der Waals surface area contributed by atoms with Crippen molar-refractivity contribution in [3.05, 3.63) is 114 Å². The summed E-state index contributed by atoms with van der Waals surface area (Å²) < 4.78 is 7.66. The lowest BCUT2D eigenvalue weighted by molar-refractivity contribution is -0.145. The largest absolute Gasteiger partial charge is 0.451 e. The van der Waals surface area contributed by atoms with Crippen molar-refractivity contribution in [1.82, 2.24) is 9.55 Å². The molecule has 144 valence electrons. The highest BCUT2D eigenvalue weighted by Gasteiger charge is 2.21. The zero-order valence-corrected chi connectivity index (χ0v) is 16.2. The summed E-state index contributed by atoms with van der Waals surface area (Å²) in [5.74, 6) is -0.321. The van der Waals surface area contributed by atoms with Gasteiger partial charge in [0.05, 0.1) is 18.2 Å². The summed E-state index contributed by atoms with van der Waals surface area (Å²) in [6.45, 7) is 2.08. The quantitative estimate of drug-likeness (QED) is 0.428. The second-order valence-corrected chi connectivity index (χ2v) is 6.91. The molecule has 0 saturated heterocycles. The molecule has 1 unspecified atom stereocenters. The van der Waals surface area contributed by atoms with Crippen molar-refractivity contribution < 1.29 is 9.53 Å². The third-order valence-corrected chi connectivity index (χ3v) is 4.81. The molecule has 0 bridgehead atoms. The normalized spacial score (nSPS) is 11.8. The van der Waals surface area contributed by atoms with E-state index in [4.69, 9.17) is 4.74 Å². The minimum Gasteiger partial charge on any atom is -0.451 e. The summed E-state index contributed by atoms with van der Waals surface area (Å²) >= 11 is 0. The maximum Gasteiger partial charge on any atom is 0.303 e. The van der Waals surface area contributed by atoms with E-state index in [1.165, 1.54) is 18.1 Å². The number of ether oxygens (including phenoxy) is 1. The van der Waals surface area contributed by atoms with Crippen molar-refractivity contribution in [2.75, 3.05) is 0 Å². The summed E-state index contributed by atoms with van der Waals surface area (Å²) in [5, 5.41) is 0. The predicted molar refractivity (Wildman–Crippen MR) is 113 cm³/mol. The first-order valence-corrected chi connectivity index (χ1v) is 9.57. The molecule has 0 aliphatic carbocycles. The molecule has 0 radical (unpaired) electrons. The molecular weight excluding hydrogens is 360 g/mol. The fraction of sp³-hybridized carbons (Fsp3) is 0.120. The van der Waals surface area contributed by atoms with Crippen LogP contribution in [0.5, 0.6) is 0 Å². The number of carbonyl (C=O) groups excluding carboxylic acids is 1. The van der Waals surface area contributed by atoms with Gasteiger partial charge in [-0.15, -0.1) is 0 Å². The molecule has 4 aromatic rings. The molecule has 0 fully saturated rings. The van der Waals surface area contributed by atoms with Gasteiger partial charge in [0.25, 0.3) is 0 Å². The van der Waals surface area contributed by atoms with Crippen LogP contribution >= 0.6 is 0 Å². The predicted octanol–water partition coefficient (Wildman–Crippen LogP) is 5.25. The first kappa shape index (κ1) is 18.7. The van der Waals surface area contributed by atoms with Gasteiger partial charge < -0.3 is 9.30 Å². The standard InChI is InChI=1S/C25H22N2O2/c1-19(28)29-25(23-10-6-3-7-11-23)24-16-26-18-27(24)17-20-12-14-22(15-13-20)21-8-4-2-5-9-21/h2-16,18,25H,17H2,1H3. The van der Waals surface area contributed by atoms with Crippen LogP contribution in [0.15, 0.2) is 97.5 Å². The molecule has 1 heterocycles. The summed E-state index contributed by atoms with van der Waals surface area (Å²) in [4.78, 5) is 16.0. The Morgan fingerprint density at radius 2 is 1.52 bits per heavy atom. The molecule has 4 heteroatoms. The number of rotatable bonds is 6. The second-order valence-electron chi connectivity index (χ2n) is 6.91. The van der Waals surface area contributed by atoms with Crippen LogP contribution in [-0.4, -0.2) is 15.5 Å². The monoisotopic (exact) mass is 382 g/mol. The van der Waals surface area contributed by atoms with Crippen molar-refractivity contribution in [2.45, 2.75) is 19.6 Å². The Hall–Kier alpha value is -3.66. The van der Waals surface area contributed by atoms with Crippen LogP contribution in [-0.2, 0) is 16.1 Å². The molecule has 29 heavy (non-hydrogen) atoms. The number of esters is 1. The number of carbonyl (C=O) groups is 1. The number of nitrogens with zero attached hydrogens (tertiary/aromatic N) is 2. The van der Waals surface area contributed by atoms with Gasteiger partial charge in [0.15, 0.2) is 6.10 Å². The SMILES string of the molecule is CC(=O)OC(c1ccccc1)c1cncn1Cc1ccc(-c2ccccc2)cc1. The van der Waals surface area contributed by atoms with E-state index < -0.39 is 6.10 Å². The van der Waals surface area contributed by atoms with Crippen LogP contribution < -0.4 is 0 Å². The Bertz CT molecular complexity index is 1070. The van der Waals surface area contributed by atoms with E-state index in [0.717, 1.165) is 16.8 Å². The highest BCUT2D eigenvalue weighted by Crippen LogP contribution is 2.27. The fourth-order valence-electron chi connectivity index (χ4n) is 3.40. The number of hydrogen-bond donors (Lipinski definition) is 0. The number of imidazole rings is 1. The van der Waals surface area contributed by atoms with E-state index in [1.54, 1.807) is 12.5 Å². The Balaban J connectivity index is 1.59. The van der Waals surface area contributed by atoms with E-state index in [-0.39, 0.29) is 5.97 Å². The van der Waals surface area contributed by atoms with E-state index >= 15 is 0 Å². The third kappa shape index (κ3) is 4.43. The minimum absolute atomic E-state index is 0.321. The number of aromatic nitrogens is 2. The zero-order valence-electron chi connectivity index (χ0n) is 16.2. The molecule has 1 aromatic heterocycles. The van der Waals surface area contributed by atoms with Crippen LogP contribution in [0.1, 0.15) is 29.8 Å². The van der Waals surface area contributed by atoms with Gasteiger partial charge in [0.1, 0.15) is 0 Å². The molecule has 0 spiro atoms. The highest BCUT2D eigenvalue weighted by atomic mass is 16.5. The lowest BCUT2D eigenvalue weighted by Gasteiger charge is -2.19. The van der Waals surface area contributed by atoms with Gasteiger partial charge in [0.2, 0.25) is 0 Å². The summed E-state index contributed by atoms with van der Waals surface area (Å²) in [7, 11) is 0. The van der Waals surface area contributed by atoms with E-state index in [9.17, 15) is 4.79 Å². The number of hydrogen-bond acceptors (Lipinski definition) is 3. The van der Waals surface area contributed by atoms with Crippen molar-refractivity contribution in [1.29, 1.82) is 0 Å². The molecule has 0 aliphatic heterocycles. The van der Waals surface area contributed by atoms with E-state index in [2.05, 4.69) is 41.4 Å². The second kappa shape index (κ2) is 8.57. The lowest BCUT2D eigenvalue weighted by Crippen LogP contribution is -2.15. The highest BCUT2D eigenvalue weighted by molar-refractivity contribution is 5.66. The molecule has 4 rings (SSSR count). The van der Waals surface area contributed by atoms with E-state index in [1.807, 2.05) is 53.1 Å². The van der Waals surface area contributed by atoms with Gasteiger partial charge in [-0.2, -0.15) is 0 Å². The summed E-state index contributed by atoms with van der Waals surface area (Å²) in [5.41, 5.74) is 5.30.